The van der Waals surface area contributed by atoms with Crippen LogP contribution in [0.3, 0.4) is 0 Å². The minimum atomic E-state index is -0.611. The summed E-state index contributed by atoms with van der Waals surface area (Å²) in [6.45, 7) is -0.281. The summed E-state index contributed by atoms with van der Waals surface area (Å²) in [4.78, 5) is 24.7. The number of para-hydroxylation sites is 3. The molecule has 0 fully saturated rings. The van der Waals surface area contributed by atoms with Gasteiger partial charge >= 0.3 is 0 Å². The van der Waals surface area contributed by atoms with Gasteiger partial charge in [0.25, 0.3) is 11.8 Å². The summed E-state index contributed by atoms with van der Waals surface area (Å²) in [5.41, 5.74) is 1.27. The monoisotopic (exact) mass is 495 g/mol. The van der Waals surface area contributed by atoms with Crippen molar-refractivity contribution in [3.05, 3.63) is 87.9 Å². The molecule has 0 saturated carbocycles. The Morgan fingerprint density at radius 1 is 0.941 bits per heavy atom. The Bertz CT molecular complexity index is 1290. The summed E-state index contributed by atoms with van der Waals surface area (Å²) in [6.07, 6.45) is 1.39. The molecule has 0 aromatic heterocycles. The van der Waals surface area contributed by atoms with Crippen molar-refractivity contribution in [3.63, 3.8) is 0 Å². The van der Waals surface area contributed by atoms with E-state index in [1.54, 1.807) is 60.7 Å². The summed E-state index contributed by atoms with van der Waals surface area (Å²) in [5, 5.41) is 15.3. The molecular formula is C25H19Cl2N3O4. The fourth-order valence-electron chi connectivity index (χ4n) is 2.87. The summed E-state index contributed by atoms with van der Waals surface area (Å²) in [6, 6.07) is 20.2. The second kappa shape index (κ2) is 11.8. The number of halogens is 2. The van der Waals surface area contributed by atoms with E-state index in [2.05, 4.69) is 10.6 Å². The summed E-state index contributed by atoms with van der Waals surface area (Å²) < 4.78 is 10.7. The fourth-order valence-corrected chi connectivity index (χ4v) is 3.30. The molecule has 0 aliphatic rings. The fraction of sp³-hybridized carbons (Fsp3) is 0.0800. The second-order valence-electron chi connectivity index (χ2n) is 6.83. The molecule has 0 bridgehead atoms. The maximum atomic E-state index is 12.5. The maximum absolute atomic E-state index is 12.5. The molecule has 0 spiro atoms. The molecule has 0 unspecified atom stereocenters. The first-order valence-electron chi connectivity index (χ1n) is 9.94. The lowest BCUT2D eigenvalue weighted by Gasteiger charge is -2.11. The molecular weight excluding hydrogens is 477 g/mol. The van der Waals surface area contributed by atoms with Crippen molar-refractivity contribution >= 4 is 52.5 Å². The van der Waals surface area contributed by atoms with E-state index in [1.165, 1.54) is 19.3 Å². The van der Waals surface area contributed by atoms with Crippen molar-refractivity contribution in [1.29, 1.82) is 5.26 Å². The van der Waals surface area contributed by atoms with Crippen LogP contribution in [0.5, 0.6) is 11.5 Å². The van der Waals surface area contributed by atoms with Gasteiger partial charge in [0, 0.05) is 0 Å². The van der Waals surface area contributed by atoms with E-state index in [1.807, 2.05) is 6.07 Å². The van der Waals surface area contributed by atoms with Crippen LogP contribution < -0.4 is 20.1 Å². The van der Waals surface area contributed by atoms with Gasteiger partial charge in [0.1, 0.15) is 23.1 Å². The first kappa shape index (κ1) is 24.6. The third-order valence-electron chi connectivity index (χ3n) is 4.49. The molecule has 0 atom stereocenters. The van der Waals surface area contributed by atoms with Crippen LogP contribution in [0.4, 0.5) is 11.4 Å². The molecule has 0 aliphatic carbocycles. The largest absolute Gasteiger partial charge is 0.495 e. The Morgan fingerprint density at radius 2 is 1.65 bits per heavy atom. The van der Waals surface area contributed by atoms with Crippen LogP contribution in [-0.4, -0.2) is 25.5 Å². The highest BCUT2D eigenvalue weighted by atomic mass is 35.5. The highest BCUT2D eigenvalue weighted by molar-refractivity contribution is 6.34. The molecule has 2 N–H and O–H groups in total. The molecule has 2 amide bonds. The Kier molecular flexibility index (Phi) is 8.52. The molecule has 3 aromatic rings. The van der Waals surface area contributed by atoms with Crippen molar-refractivity contribution in [3.8, 4) is 17.6 Å². The minimum Gasteiger partial charge on any atom is -0.495 e. The Hall–Kier alpha value is -3.99. The zero-order valence-corrected chi connectivity index (χ0v) is 19.5. The van der Waals surface area contributed by atoms with Crippen LogP contribution in [0.25, 0.3) is 6.08 Å². The first-order valence-corrected chi connectivity index (χ1v) is 10.7. The number of amides is 2. The average Bonchev–Trinajstić information content (AvgIpc) is 2.83. The smallest absolute Gasteiger partial charge is 0.266 e. The molecule has 34 heavy (non-hydrogen) atoms. The van der Waals surface area contributed by atoms with Gasteiger partial charge in [-0.05, 0) is 48.0 Å². The van der Waals surface area contributed by atoms with Gasteiger partial charge in [0.05, 0.1) is 28.5 Å². The highest BCUT2D eigenvalue weighted by Gasteiger charge is 2.13. The van der Waals surface area contributed by atoms with E-state index in [9.17, 15) is 14.9 Å². The number of benzene rings is 3. The third kappa shape index (κ3) is 6.51. The van der Waals surface area contributed by atoms with Crippen LogP contribution >= 0.6 is 23.2 Å². The molecule has 0 radical (unpaired) electrons. The topological polar surface area (TPSA) is 100 Å². The first-order chi connectivity index (χ1) is 16.4. The Balaban J connectivity index is 1.65. The predicted molar refractivity (Wildman–Crippen MR) is 132 cm³/mol. The third-order valence-corrected chi connectivity index (χ3v) is 5.12. The molecule has 0 aliphatic heterocycles. The number of rotatable bonds is 8. The minimum absolute atomic E-state index is 0.138. The zero-order valence-electron chi connectivity index (χ0n) is 18.0. The normalized spacial score (nSPS) is 10.7. The van der Waals surface area contributed by atoms with Crippen molar-refractivity contribution < 1.29 is 19.1 Å². The van der Waals surface area contributed by atoms with E-state index < -0.39 is 11.8 Å². The van der Waals surface area contributed by atoms with Crippen molar-refractivity contribution in [1.82, 2.24) is 0 Å². The average molecular weight is 496 g/mol. The lowest BCUT2D eigenvalue weighted by molar-refractivity contribution is -0.118. The number of nitrogens with zero attached hydrogens (tertiary/aromatic N) is 1. The maximum Gasteiger partial charge on any atom is 0.266 e. The predicted octanol–water partition coefficient (Wildman–Crippen LogP) is 5.57. The van der Waals surface area contributed by atoms with Gasteiger partial charge in [-0.1, -0.05) is 53.5 Å². The van der Waals surface area contributed by atoms with Gasteiger partial charge in [0.15, 0.2) is 6.61 Å². The number of methoxy groups -OCH3 is 1. The SMILES string of the molecule is COc1ccccc1NC(=O)COc1ccc(/C=C(\C#N)C(=O)Nc2ccccc2Cl)cc1Cl. The molecule has 172 valence electrons. The Morgan fingerprint density at radius 3 is 2.32 bits per heavy atom. The molecule has 0 heterocycles. The van der Waals surface area contributed by atoms with Crippen LogP contribution in [-0.2, 0) is 9.59 Å². The molecule has 3 rings (SSSR count). The number of ether oxygens (including phenoxy) is 2. The van der Waals surface area contributed by atoms with Gasteiger partial charge in [-0.15, -0.1) is 0 Å². The summed E-state index contributed by atoms with van der Waals surface area (Å²) in [7, 11) is 1.51. The van der Waals surface area contributed by atoms with Gasteiger partial charge in [-0.25, -0.2) is 0 Å². The van der Waals surface area contributed by atoms with Gasteiger partial charge in [-0.3, -0.25) is 9.59 Å². The van der Waals surface area contributed by atoms with Gasteiger partial charge < -0.3 is 20.1 Å². The lowest BCUT2D eigenvalue weighted by Crippen LogP contribution is -2.20. The number of carbonyl (C=O) groups is 2. The van der Waals surface area contributed by atoms with Crippen molar-refractivity contribution in [2.24, 2.45) is 0 Å². The van der Waals surface area contributed by atoms with Crippen LogP contribution in [0, 0.1) is 11.3 Å². The van der Waals surface area contributed by atoms with E-state index >= 15 is 0 Å². The Labute approximate surface area is 206 Å². The number of anilines is 2. The lowest BCUT2D eigenvalue weighted by atomic mass is 10.1. The standard InChI is InChI=1S/C25H19Cl2N3O4/c1-33-23-9-5-4-8-21(23)29-24(31)15-34-22-11-10-16(13-19(22)27)12-17(14-28)25(32)30-20-7-3-2-6-18(20)26/h2-13H,15H2,1H3,(H,29,31)(H,30,32)/b17-12+. The van der Waals surface area contributed by atoms with Crippen molar-refractivity contribution in [2.45, 2.75) is 0 Å². The van der Waals surface area contributed by atoms with Crippen molar-refractivity contribution in [2.75, 3.05) is 24.4 Å². The number of nitriles is 1. The van der Waals surface area contributed by atoms with E-state index in [-0.39, 0.29) is 23.0 Å². The van der Waals surface area contributed by atoms with Gasteiger partial charge in [-0.2, -0.15) is 5.26 Å². The number of hydrogen-bond donors (Lipinski definition) is 2. The number of nitrogens with one attached hydrogen (secondary N) is 2. The highest BCUT2D eigenvalue weighted by Crippen LogP contribution is 2.27. The molecule has 3 aromatic carbocycles. The van der Waals surface area contributed by atoms with E-state index in [4.69, 9.17) is 32.7 Å². The van der Waals surface area contributed by atoms with Gasteiger partial charge in [0.2, 0.25) is 0 Å². The zero-order chi connectivity index (χ0) is 24.5. The molecule has 0 saturated heterocycles. The molecule has 9 heteroatoms. The molecule has 7 nitrogen and oxygen atoms in total. The van der Waals surface area contributed by atoms with Crippen LogP contribution in [0.2, 0.25) is 10.0 Å². The van der Waals surface area contributed by atoms with Crippen LogP contribution in [0.15, 0.2) is 72.3 Å². The van der Waals surface area contributed by atoms with E-state index in [0.29, 0.717) is 27.7 Å². The summed E-state index contributed by atoms with van der Waals surface area (Å²) >= 11 is 12.3. The number of carbonyl (C=O) groups excluding carboxylic acids is 2. The van der Waals surface area contributed by atoms with Crippen LogP contribution in [0.1, 0.15) is 5.56 Å². The summed E-state index contributed by atoms with van der Waals surface area (Å²) in [5.74, 6) is -0.211. The van der Waals surface area contributed by atoms with E-state index in [0.717, 1.165) is 0 Å². The number of hydrogen-bond acceptors (Lipinski definition) is 5. The second-order valence-corrected chi connectivity index (χ2v) is 7.65. The quantitative estimate of drug-likeness (QED) is 0.314.